The van der Waals surface area contributed by atoms with Crippen molar-refractivity contribution in [1.29, 1.82) is 0 Å². The normalized spacial score (nSPS) is 19.1. The molecule has 1 aliphatic rings. The highest BCUT2D eigenvalue weighted by Gasteiger charge is 2.36. The van der Waals surface area contributed by atoms with Crippen LogP contribution in [0.2, 0.25) is 0 Å². The first-order valence-electron chi connectivity index (χ1n) is 7.12. The number of hydrazine groups is 1. The molecule has 1 aromatic rings. The van der Waals surface area contributed by atoms with Gasteiger partial charge in [-0.15, -0.1) is 0 Å². The van der Waals surface area contributed by atoms with Crippen LogP contribution < -0.4 is 11.3 Å². The van der Waals surface area contributed by atoms with Gasteiger partial charge in [-0.05, 0) is 57.5 Å². The van der Waals surface area contributed by atoms with Crippen molar-refractivity contribution < 1.29 is 8.78 Å². The lowest BCUT2D eigenvalue weighted by molar-refractivity contribution is 0.0606. The van der Waals surface area contributed by atoms with Crippen molar-refractivity contribution in [3.63, 3.8) is 0 Å². The van der Waals surface area contributed by atoms with E-state index in [1.165, 1.54) is 18.6 Å². The fourth-order valence-corrected chi connectivity index (χ4v) is 3.10. The first-order valence-corrected chi connectivity index (χ1v) is 7.12. The van der Waals surface area contributed by atoms with Gasteiger partial charge in [0, 0.05) is 11.6 Å². The first-order chi connectivity index (χ1) is 9.45. The molecular formula is C15H23F2N3. The van der Waals surface area contributed by atoms with E-state index >= 15 is 0 Å². The average molecular weight is 283 g/mol. The number of nitrogens with one attached hydrogen (secondary N) is 1. The number of hydrogen-bond donors (Lipinski definition) is 2. The predicted octanol–water partition coefficient (Wildman–Crippen LogP) is 2.73. The molecule has 5 heteroatoms. The molecule has 2 rings (SSSR count). The minimum absolute atomic E-state index is 0.310. The molecule has 0 aliphatic carbocycles. The second-order valence-corrected chi connectivity index (χ2v) is 6.00. The van der Waals surface area contributed by atoms with Gasteiger partial charge in [-0.25, -0.2) is 8.78 Å². The lowest BCUT2D eigenvalue weighted by Crippen LogP contribution is -2.55. The number of hydrogen-bond acceptors (Lipinski definition) is 3. The zero-order chi connectivity index (χ0) is 14.8. The molecule has 1 unspecified atom stereocenters. The fraction of sp³-hybridized carbons (Fsp3) is 0.600. The maximum Gasteiger partial charge on any atom is 0.126 e. The van der Waals surface area contributed by atoms with Gasteiger partial charge in [0.15, 0.2) is 0 Å². The highest BCUT2D eigenvalue weighted by Crippen LogP contribution is 2.33. The molecule has 1 aliphatic heterocycles. The number of likely N-dealkylation sites (tertiary alicyclic amines) is 1. The maximum absolute atomic E-state index is 13.4. The Kier molecular flexibility index (Phi) is 4.73. The van der Waals surface area contributed by atoms with E-state index < -0.39 is 11.6 Å². The lowest BCUT2D eigenvalue weighted by Gasteiger charge is -2.45. The average Bonchev–Trinajstić information content (AvgIpc) is 2.39. The van der Waals surface area contributed by atoms with Crippen LogP contribution in [0.1, 0.15) is 44.7 Å². The monoisotopic (exact) mass is 283 g/mol. The summed E-state index contributed by atoms with van der Waals surface area (Å²) in [6, 6.07) is 3.25. The number of benzene rings is 1. The van der Waals surface area contributed by atoms with E-state index in [0.717, 1.165) is 32.0 Å². The van der Waals surface area contributed by atoms with E-state index in [4.69, 9.17) is 5.84 Å². The predicted molar refractivity (Wildman–Crippen MR) is 75.9 cm³/mol. The molecular weight excluding hydrogens is 260 g/mol. The Hall–Kier alpha value is -1.04. The Morgan fingerprint density at radius 1 is 1.10 bits per heavy atom. The minimum Gasteiger partial charge on any atom is -0.296 e. The summed E-state index contributed by atoms with van der Waals surface area (Å²) in [5.41, 5.74) is 2.97. The van der Waals surface area contributed by atoms with Crippen molar-refractivity contribution in [2.75, 3.05) is 13.1 Å². The Morgan fingerprint density at radius 3 is 2.15 bits per heavy atom. The van der Waals surface area contributed by atoms with Crippen LogP contribution in [-0.2, 0) is 0 Å². The van der Waals surface area contributed by atoms with E-state index in [1.807, 2.05) is 0 Å². The smallest absolute Gasteiger partial charge is 0.126 e. The zero-order valence-electron chi connectivity index (χ0n) is 12.1. The van der Waals surface area contributed by atoms with Crippen molar-refractivity contribution in [2.45, 2.75) is 44.7 Å². The van der Waals surface area contributed by atoms with E-state index in [-0.39, 0.29) is 11.6 Å². The summed E-state index contributed by atoms with van der Waals surface area (Å²) in [5, 5.41) is 0. The Morgan fingerprint density at radius 2 is 1.65 bits per heavy atom. The van der Waals surface area contributed by atoms with Crippen LogP contribution in [0.25, 0.3) is 0 Å². The molecule has 3 N–H and O–H groups in total. The molecule has 0 amide bonds. The second-order valence-electron chi connectivity index (χ2n) is 6.00. The van der Waals surface area contributed by atoms with Crippen LogP contribution in [0.4, 0.5) is 8.78 Å². The molecule has 0 saturated carbocycles. The van der Waals surface area contributed by atoms with Crippen LogP contribution in [0, 0.1) is 11.6 Å². The van der Waals surface area contributed by atoms with E-state index in [2.05, 4.69) is 24.2 Å². The molecule has 20 heavy (non-hydrogen) atoms. The molecule has 3 nitrogen and oxygen atoms in total. The summed E-state index contributed by atoms with van der Waals surface area (Å²) < 4.78 is 26.9. The van der Waals surface area contributed by atoms with Crippen molar-refractivity contribution in [2.24, 2.45) is 5.84 Å². The molecule has 0 aromatic heterocycles. The molecule has 1 atom stereocenters. The maximum atomic E-state index is 13.4. The fourth-order valence-electron chi connectivity index (χ4n) is 3.10. The van der Waals surface area contributed by atoms with Crippen molar-refractivity contribution in [1.82, 2.24) is 10.3 Å². The summed E-state index contributed by atoms with van der Waals surface area (Å²) in [5.74, 6) is 4.53. The quantitative estimate of drug-likeness (QED) is 0.659. The molecule has 0 radical (unpaired) electrons. The van der Waals surface area contributed by atoms with E-state index in [9.17, 15) is 8.78 Å². The third kappa shape index (κ3) is 3.16. The SMILES string of the molecule is CC(C)(C(NN)c1cc(F)cc(F)c1)N1CCCCC1. The largest absolute Gasteiger partial charge is 0.296 e. The molecule has 112 valence electrons. The zero-order valence-corrected chi connectivity index (χ0v) is 12.1. The van der Waals surface area contributed by atoms with Gasteiger partial charge in [-0.2, -0.15) is 0 Å². The van der Waals surface area contributed by atoms with Gasteiger partial charge >= 0.3 is 0 Å². The van der Waals surface area contributed by atoms with Crippen molar-refractivity contribution in [3.05, 3.63) is 35.4 Å². The van der Waals surface area contributed by atoms with Crippen LogP contribution >= 0.6 is 0 Å². The molecule has 1 saturated heterocycles. The molecule has 1 aromatic carbocycles. The molecule has 1 heterocycles. The van der Waals surface area contributed by atoms with Gasteiger partial charge in [0.25, 0.3) is 0 Å². The second kappa shape index (κ2) is 6.16. The highest BCUT2D eigenvalue weighted by molar-refractivity contribution is 5.24. The van der Waals surface area contributed by atoms with Gasteiger partial charge in [-0.1, -0.05) is 6.42 Å². The third-order valence-electron chi connectivity index (χ3n) is 4.26. The van der Waals surface area contributed by atoms with Crippen LogP contribution in [0.3, 0.4) is 0 Å². The summed E-state index contributed by atoms with van der Waals surface area (Å²) in [6.45, 7) is 6.10. The summed E-state index contributed by atoms with van der Waals surface area (Å²) >= 11 is 0. The Balaban J connectivity index is 2.29. The third-order valence-corrected chi connectivity index (χ3v) is 4.26. The van der Waals surface area contributed by atoms with Crippen LogP contribution in [0.15, 0.2) is 18.2 Å². The molecule has 0 bridgehead atoms. The minimum atomic E-state index is -0.574. The molecule has 1 fully saturated rings. The highest BCUT2D eigenvalue weighted by atomic mass is 19.1. The van der Waals surface area contributed by atoms with Crippen molar-refractivity contribution in [3.8, 4) is 0 Å². The standard InChI is InChI=1S/C15H23F2N3/c1-15(2,20-6-4-3-5-7-20)14(19-18)11-8-12(16)10-13(17)9-11/h8-10,14,19H,3-7,18H2,1-2H3. The number of rotatable bonds is 4. The van der Waals surface area contributed by atoms with Gasteiger partial charge in [-0.3, -0.25) is 16.2 Å². The topological polar surface area (TPSA) is 41.3 Å². The van der Waals surface area contributed by atoms with Gasteiger partial charge in [0.2, 0.25) is 0 Å². The summed E-state index contributed by atoms with van der Waals surface area (Å²) in [6.07, 6.45) is 3.54. The first kappa shape index (κ1) is 15.4. The number of piperidine rings is 1. The summed E-state index contributed by atoms with van der Waals surface area (Å²) in [4.78, 5) is 2.34. The van der Waals surface area contributed by atoms with Crippen molar-refractivity contribution >= 4 is 0 Å². The van der Waals surface area contributed by atoms with E-state index in [1.54, 1.807) is 0 Å². The molecule has 0 spiro atoms. The van der Waals surface area contributed by atoms with Gasteiger partial charge in [0.05, 0.1) is 6.04 Å². The Labute approximate surface area is 119 Å². The Bertz CT molecular complexity index is 436. The summed E-state index contributed by atoms with van der Waals surface area (Å²) in [7, 11) is 0. The van der Waals surface area contributed by atoms with Crippen LogP contribution in [-0.4, -0.2) is 23.5 Å². The number of nitrogens with zero attached hydrogens (tertiary/aromatic N) is 1. The van der Waals surface area contributed by atoms with Crippen LogP contribution in [0.5, 0.6) is 0 Å². The lowest BCUT2D eigenvalue weighted by atomic mass is 9.86. The van der Waals surface area contributed by atoms with Gasteiger partial charge in [0.1, 0.15) is 11.6 Å². The number of nitrogens with two attached hydrogens (primary N) is 1. The van der Waals surface area contributed by atoms with E-state index in [0.29, 0.717) is 5.56 Å². The van der Waals surface area contributed by atoms with Gasteiger partial charge < -0.3 is 0 Å². The number of halogens is 2.